The third-order valence-corrected chi connectivity index (χ3v) is 6.69. The third kappa shape index (κ3) is 7.84. The number of carbonyl (C=O) groups excluding carboxylic acids is 1. The van der Waals surface area contributed by atoms with Gasteiger partial charge in [-0.05, 0) is 38.3 Å². The molecule has 22 heavy (non-hydrogen) atoms. The first-order chi connectivity index (χ1) is 9.77. The highest BCUT2D eigenvalue weighted by Crippen LogP contribution is 2.22. The van der Waals surface area contributed by atoms with Gasteiger partial charge in [-0.2, -0.15) is 0 Å². The van der Waals surface area contributed by atoms with E-state index in [1.54, 1.807) is 0 Å². The molecule has 0 aromatic rings. The second-order valence-corrected chi connectivity index (χ2v) is 8.28. The summed E-state index contributed by atoms with van der Waals surface area (Å²) in [6.07, 6.45) is 7.72. The van der Waals surface area contributed by atoms with Gasteiger partial charge in [0.05, 0.1) is 10.9 Å². The molecular weight excluding hydrogens is 341 g/mol. The van der Waals surface area contributed by atoms with Crippen molar-refractivity contribution in [1.82, 2.24) is 10.6 Å². The molecule has 0 aromatic heterocycles. The second kappa shape index (κ2) is 12.8. The maximum Gasteiger partial charge on any atom is 0.347 e. The molecule has 2 rings (SSSR count). The number of nitrogens with two attached hydrogens (primary N) is 1. The SMILES string of the molecule is Cl.Cl.N[C@@H](CCNCC1CCCCC1)C(=O)[S+]1CCNCC1. The van der Waals surface area contributed by atoms with Crippen LogP contribution in [0.1, 0.15) is 38.5 Å². The first-order valence-corrected chi connectivity index (χ1v) is 9.72. The fourth-order valence-electron chi connectivity index (χ4n) is 3.11. The highest BCUT2D eigenvalue weighted by molar-refractivity contribution is 8.11. The number of nitrogens with one attached hydrogen (secondary N) is 2. The number of carbonyl (C=O) groups is 1. The molecule has 1 saturated carbocycles. The summed E-state index contributed by atoms with van der Waals surface area (Å²) >= 11 is 0. The van der Waals surface area contributed by atoms with Gasteiger partial charge in [0, 0.05) is 13.1 Å². The molecule has 1 aliphatic carbocycles. The zero-order valence-electron chi connectivity index (χ0n) is 13.4. The molecule has 0 amide bonds. The van der Waals surface area contributed by atoms with Crippen LogP contribution in [-0.2, 0) is 15.7 Å². The number of rotatable bonds is 6. The van der Waals surface area contributed by atoms with Crippen molar-refractivity contribution in [2.75, 3.05) is 37.7 Å². The maximum atomic E-state index is 12.2. The van der Waals surface area contributed by atoms with Crippen LogP contribution in [-0.4, -0.2) is 48.8 Å². The van der Waals surface area contributed by atoms with Gasteiger partial charge in [-0.15, -0.1) is 24.8 Å². The normalized spacial score (nSPS) is 21.5. The van der Waals surface area contributed by atoms with E-state index >= 15 is 0 Å². The van der Waals surface area contributed by atoms with E-state index in [0.717, 1.165) is 50.0 Å². The van der Waals surface area contributed by atoms with Crippen LogP contribution >= 0.6 is 24.8 Å². The van der Waals surface area contributed by atoms with Crippen LogP contribution in [0.4, 0.5) is 0 Å². The lowest BCUT2D eigenvalue weighted by Gasteiger charge is -2.22. The molecule has 1 saturated heterocycles. The second-order valence-electron chi connectivity index (χ2n) is 6.07. The molecular formula is C15H32Cl2N3OS+. The predicted octanol–water partition coefficient (Wildman–Crippen LogP) is 1.47. The van der Waals surface area contributed by atoms with Crippen molar-refractivity contribution < 1.29 is 4.79 Å². The van der Waals surface area contributed by atoms with Crippen molar-refractivity contribution in [3.8, 4) is 0 Å². The molecule has 1 heterocycles. The summed E-state index contributed by atoms with van der Waals surface area (Å²) < 4.78 is 0. The Kier molecular flexibility index (Phi) is 13.1. The van der Waals surface area contributed by atoms with Crippen LogP contribution in [0.2, 0.25) is 0 Å². The standard InChI is InChI=1S/C15H30N3OS.2ClH/c16-14(15(19)20-10-8-17-9-11-20)6-7-18-12-13-4-2-1-3-5-13;;/h13-14,17-18H,1-12,16H2;2*1H/q+1;;/t14-;;/m0../s1. The lowest BCUT2D eigenvalue weighted by molar-refractivity contribution is -0.112. The van der Waals surface area contributed by atoms with Gasteiger partial charge < -0.3 is 16.4 Å². The Hall–Kier alpha value is 0.480. The largest absolute Gasteiger partial charge is 0.347 e. The van der Waals surface area contributed by atoms with Gasteiger partial charge in [0.1, 0.15) is 17.5 Å². The van der Waals surface area contributed by atoms with Gasteiger partial charge in [0.15, 0.2) is 0 Å². The summed E-state index contributed by atoms with van der Waals surface area (Å²) in [6.45, 7) is 3.94. The Bertz CT molecular complexity index is 299. The van der Waals surface area contributed by atoms with Gasteiger partial charge in [0.2, 0.25) is 0 Å². The summed E-state index contributed by atoms with van der Waals surface area (Å²) in [7, 11) is -0.0834. The van der Waals surface area contributed by atoms with E-state index in [2.05, 4.69) is 10.6 Å². The van der Waals surface area contributed by atoms with E-state index < -0.39 is 0 Å². The van der Waals surface area contributed by atoms with Crippen molar-refractivity contribution in [1.29, 1.82) is 0 Å². The summed E-state index contributed by atoms with van der Waals surface area (Å²) in [4.78, 5) is 12.2. The fraction of sp³-hybridized carbons (Fsp3) is 0.933. The van der Waals surface area contributed by atoms with Crippen molar-refractivity contribution in [3.63, 3.8) is 0 Å². The predicted molar refractivity (Wildman–Crippen MR) is 102 cm³/mol. The lowest BCUT2D eigenvalue weighted by atomic mass is 9.89. The molecule has 2 fully saturated rings. The number of halogens is 2. The molecule has 0 bridgehead atoms. The van der Waals surface area contributed by atoms with Crippen LogP contribution in [0.5, 0.6) is 0 Å². The van der Waals surface area contributed by atoms with Crippen molar-refractivity contribution in [3.05, 3.63) is 0 Å². The van der Waals surface area contributed by atoms with E-state index in [4.69, 9.17) is 5.73 Å². The molecule has 0 spiro atoms. The molecule has 1 aliphatic heterocycles. The smallest absolute Gasteiger partial charge is 0.317 e. The number of hydrogen-bond donors (Lipinski definition) is 3. The topological polar surface area (TPSA) is 67.1 Å². The third-order valence-electron chi connectivity index (χ3n) is 4.43. The van der Waals surface area contributed by atoms with Gasteiger partial charge in [-0.25, -0.2) is 4.79 Å². The molecule has 1 atom stereocenters. The molecule has 2 aliphatic rings. The quantitative estimate of drug-likeness (QED) is 0.487. The Balaban J connectivity index is 0.00000220. The van der Waals surface area contributed by atoms with E-state index in [-0.39, 0.29) is 41.8 Å². The Morgan fingerprint density at radius 3 is 2.45 bits per heavy atom. The first kappa shape index (κ1) is 22.5. The lowest BCUT2D eigenvalue weighted by Crippen LogP contribution is -2.46. The average Bonchev–Trinajstić information content (AvgIpc) is 2.52. The Morgan fingerprint density at radius 1 is 1.18 bits per heavy atom. The number of hydrogen-bond acceptors (Lipinski definition) is 4. The molecule has 4 nitrogen and oxygen atoms in total. The van der Waals surface area contributed by atoms with Crippen molar-refractivity contribution in [2.45, 2.75) is 44.6 Å². The Labute approximate surface area is 150 Å². The molecule has 0 radical (unpaired) electrons. The minimum atomic E-state index is -0.254. The molecule has 0 aromatic carbocycles. The van der Waals surface area contributed by atoms with Crippen molar-refractivity contribution in [2.24, 2.45) is 11.7 Å². The highest BCUT2D eigenvalue weighted by atomic mass is 35.5. The van der Waals surface area contributed by atoms with Crippen LogP contribution < -0.4 is 16.4 Å². The van der Waals surface area contributed by atoms with Gasteiger partial charge in [-0.1, -0.05) is 19.3 Å². The van der Waals surface area contributed by atoms with E-state index in [1.165, 1.54) is 32.1 Å². The van der Waals surface area contributed by atoms with E-state index in [0.29, 0.717) is 5.12 Å². The van der Waals surface area contributed by atoms with E-state index in [1.807, 2.05) is 0 Å². The van der Waals surface area contributed by atoms with Crippen LogP contribution in [0.15, 0.2) is 0 Å². The molecule has 7 heteroatoms. The fourth-order valence-corrected chi connectivity index (χ4v) is 5.04. The monoisotopic (exact) mass is 372 g/mol. The van der Waals surface area contributed by atoms with Crippen LogP contribution in [0.25, 0.3) is 0 Å². The van der Waals surface area contributed by atoms with Crippen LogP contribution in [0.3, 0.4) is 0 Å². The molecule has 132 valence electrons. The Morgan fingerprint density at radius 2 is 1.82 bits per heavy atom. The average molecular weight is 373 g/mol. The zero-order chi connectivity index (χ0) is 14.2. The first-order valence-electron chi connectivity index (χ1n) is 8.15. The minimum Gasteiger partial charge on any atom is -0.317 e. The van der Waals surface area contributed by atoms with Gasteiger partial charge in [-0.3, -0.25) is 0 Å². The minimum absolute atomic E-state index is 0. The summed E-state index contributed by atoms with van der Waals surface area (Å²) in [5.41, 5.74) is 6.06. The summed E-state index contributed by atoms with van der Waals surface area (Å²) in [6, 6.07) is -0.254. The maximum absolute atomic E-state index is 12.2. The summed E-state index contributed by atoms with van der Waals surface area (Å²) in [5, 5.41) is 7.11. The van der Waals surface area contributed by atoms with Gasteiger partial charge in [0.25, 0.3) is 0 Å². The van der Waals surface area contributed by atoms with Gasteiger partial charge >= 0.3 is 5.12 Å². The highest BCUT2D eigenvalue weighted by Gasteiger charge is 2.34. The molecule has 0 unspecified atom stereocenters. The van der Waals surface area contributed by atoms with Crippen molar-refractivity contribution >= 4 is 40.8 Å². The molecule has 4 N–H and O–H groups in total. The van der Waals surface area contributed by atoms with E-state index in [9.17, 15) is 4.79 Å². The van der Waals surface area contributed by atoms with Crippen LogP contribution in [0, 0.1) is 5.92 Å². The summed E-state index contributed by atoms with van der Waals surface area (Å²) in [5.74, 6) is 2.83. The zero-order valence-corrected chi connectivity index (χ0v) is 15.8.